The summed E-state index contributed by atoms with van der Waals surface area (Å²) in [5.74, 6) is 0. The summed E-state index contributed by atoms with van der Waals surface area (Å²) in [7, 11) is 0. The number of unbranched alkanes of at least 4 members (excludes halogenated alkanes) is 7. The summed E-state index contributed by atoms with van der Waals surface area (Å²) in [5, 5.41) is 2.66. The van der Waals surface area contributed by atoms with Crippen molar-refractivity contribution >= 4 is 16.8 Å². The lowest BCUT2D eigenvalue weighted by molar-refractivity contribution is 0.575. The third-order valence-corrected chi connectivity index (χ3v) is 4.52. The molecule has 0 amide bonds. The molecule has 0 N–H and O–H groups in total. The Morgan fingerprint density at radius 3 is 2.32 bits per heavy atom. The average molecular weight is 294 g/mol. The smallest absolute Gasteiger partial charge is 0.0109 e. The van der Waals surface area contributed by atoms with E-state index >= 15 is 0 Å². The molecule has 0 aliphatic rings. The first-order valence-electron chi connectivity index (χ1n) is 8.99. The van der Waals surface area contributed by atoms with Crippen molar-refractivity contribution in [2.24, 2.45) is 0 Å². The Hall–Kier alpha value is -1.56. The molecular formula is C22H30. The first-order valence-corrected chi connectivity index (χ1v) is 8.99. The Bertz CT molecular complexity index is 580. The number of hydrogen-bond donors (Lipinski definition) is 0. The lowest BCUT2D eigenvalue weighted by Crippen LogP contribution is -1.88. The molecule has 2 aromatic carbocycles. The maximum atomic E-state index is 3.93. The van der Waals surface area contributed by atoms with E-state index in [1.807, 2.05) is 6.08 Å². The summed E-state index contributed by atoms with van der Waals surface area (Å²) in [6.45, 7) is 6.21. The van der Waals surface area contributed by atoms with Gasteiger partial charge in [-0.15, -0.1) is 0 Å². The zero-order valence-corrected chi connectivity index (χ0v) is 14.1. The molecule has 22 heavy (non-hydrogen) atoms. The van der Waals surface area contributed by atoms with Gasteiger partial charge in [0.25, 0.3) is 0 Å². The number of aryl methyl sites for hydroxylation is 1. The van der Waals surface area contributed by atoms with Gasteiger partial charge in [-0.25, -0.2) is 0 Å². The van der Waals surface area contributed by atoms with Crippen molar-refractivity contribution < 1.29 is 0 Å². The van der Waals surface area contributed by atoms with Gasteiger partial charge in [0.2, 0.25) is 0 Å². The van der Waals surface area contributed by atoms with E-state index in [9.17, 15) is 0 Å². The molecule has 0 atom stereocenters. The van der Waals surface area contributed by atoms with Gasteiger partial charge in [0.1, 0.15) is 0 Å². The largest absolute Gasteiger partial charge is 0.0984 e. The van der Waals surface area contributed by atoms with Gasteiger partial charge in [-0.2, -0.15) is 0 Å². The molecule has 0 unspecified atom stereocenters. The minimum absolute atomic E-state index is 1.20. The second-order valence-electron chi connectivity index (χ2n) is 6.33. The van der Waals surface area contributed by atoms with Gasteiger partial charge in [-0.1, -0.05) is 101 Å². The van der Waals surface area contributed by atoms with Crippen molar-refractivity contribution in [1.82, 2.24) is 0 Å². The number of fused-ring (bicyclic) bond motifs is 1. The molecule has 0 spiro atoms. The lowest BCUT2D eigenvalue weighted by Gasteiger charge is -2.07. The van der Waals surface area contributed by atoms with Gasteiger partial charge < -0.3 is 0 Å². The van der Waals surface area contributed by atoms with Gasteiger partial charge in [0, 0.05) is 0 Å². The zero-order chi connectivity index (χ0) is 15.6. The van der Waals surface area contributed by atoms with Crippen molar-refractivity contribution in [2.75, 3.05) is 0 Å². The Balaban J connectivity index is 1.79. The monoisotopic (exact) mass is 294 g/mol. The fourth-order valence-electron chi connectivity index (χ4n) is 3.14. The highest BCUT2D eigenvalue weighted by Crippen LogP contribution is 2.22. The van der Waals surface area contributed by atoms with Gasteiger partial charge in [0.05, 0.1) is 0 Å². The quantitative estimate of drug-likeness (QED) is 0.407. The molecule has 0 aliphatic carbocycles. The van der Waals surface area contributed by atoms with Crippen LogP contribution in [0.4, 0.5) is 0 Å². The van der Waals surface area contributed by atoms with Crippen LogP contribution in [0.3, 0.4) is 0 Å². The summed E-state index contributed by atoms with van der Waals surface area (Å²) in [6, 6.07) is 13.3. The van der Waals surface area contributed by atoms with Crippen LogP contribution in [0.1, 0.15) is 69.4 Å². The van der Waals surface area contributed by atoms with Crippen molar-refractivity contribution in [3.8, 4) is 0 Å². The number of hydrogen-bond acceptors (Lipinski definition) is 0. The molecular weight excluding hydrogens is 264 g/mol. The third kappa shape index (κ3) is 5.02. The maximum absolute atomic E-state index is 3.93. The molecule has 0 saturated carbocycles. The molecule has 2 aromatic rings. The summed E-state index contributed by atoms with van der Waals surface area (Å²) < 4.78 is 0. The van der Waals surface area contributed by atoms with Crippen LogP contribution >= 0.6 is 0 Å². The SMILES string of the molecule is C=Cc1cccc2ccc(CCCCCCCCCC)cc12. The predicted octanol–water partition coefficient (Wildman–Crippen LogP) is 7.17. The van der Waals surface area contributed by atoms with E-state index in [4.69, 9.17) is 0 Å². The van der Waals surface area contributed by atoms with Gasteiger partial charge >= 0.3 is 0 Å². The second-order valence-corrected chi connectivity index (χ2v) is 6.33. The third-order valence-electron chi connectivity index (χ3n) is 4.52. The fraction of sp³-hybridized carbons (Fsp3) is 0.455. The molecule has 0 aromatic heterocycles. The summed E-state index contributed by atoms with van der Waals surface area (Å²) in [5.41, 5.74) is 2.71. The van der Waals surface area contributed by atoms with Crippen LogP contribution < -0.4 is 0 Å². The molecule has 118 valence electrons. The van der Waals surface area contributed by atoms with E-state index in [1.54, 1.807) is 0 Å². The second kappa shape index (κ2) is 9.46. The molecule has 0 bridgehead atoms. The Morgan fingerprint density at radius 2 is 1.59 bits per heavy atom. The topological polar surface area (TPSA) is 0 Å². The average Bonchev–Trinajstić information content (AvgIpc) is 2.56. The predicted molar refractivity (Wildman–Crippen MR) is 100 cm³/mol. The van der Waals surface area contributed by atoms with E-state index in [1.165, 1.54) is 79.7 Å². The molecule has 0 nitrogen and oxygen atoms in total. The molecule has 2 rings (SSSR count). The van der Waals surface area contributed by atoms with Crippen LogP contribution in [0.25, 0.3) is 16.8 Å². The molecule has 0 radical (unpaired) electrons. The first-order chi connectivity index (χ1) is 10.8. The Kier molecular flexibility index (Phi) is 7.22. The first kappa shape index (κ1) is 16.8. The Labute approximate surface area is 136 Å². The van der Waals surface area contributed by atoms with E-state index in [0.29, 0.717) is 0 Å². The van der Waals surface area contributed by atoms with Crippen LogP contribution in [-0.2, 0) is 6.42 Å². The molecule has 0 aliphatic heterocycles. The highest BCUT2D eigenvalue weighted by Gasteiger charge is 2.00. The van der Waals surface area contributed by atoms with Crippen LogP contribution in [0.5, 0.6) is 0 Å². The van der Waals surface area contributed by atoms with E-state index in [2.05, 4.69) is 49.9 Å². The number of benzene rings is 2. The van der Waals surface area contributed by atoms with E-state index in [-0.39, 0.29) is 0 Å². The normalized spacial score (nSPS) is 11.0. The maximum Gasteiger partial charge on any atom is -0.0109 e. The Morgan fingerprint density at radius 1 is 0.864 bits per heavy atom. The van der Waals surface area contributed by atoms with E-state index < -0.39 is 0 Å². The van der Waals surface area contributed by atoms with Crippen LogP contribution in [0.15, 0.2) is 43.0 Å². The van der Waals surface area contributed by atoms with Gasteiger partial charge in [-0.3, -0.25) is 0 Å². The fourth-order valence-corrected chi connectivity index (χ4v) is 3.14. The molecule has 0 heteroatoms. The van der Waals surface area contributed by atoms with Crippen molar-refractivity contribution in [1.29, 1.82) is 0 Å². The van der Waals surface area contributed by atoms with Crippen molar-refractivity contribution in [3.63, 3.8) is 0 Å². The van der Waals surface area contributed by atoms with Crippen molar-refractivity contribution in [2.45, 2.75) is 64.7 Å². The minimum Gasteiger partial charge on any atom is -0.0984 e. The van der Waals surface area contributed by atoms with Crippen LogP contribution in [-0.4, -0.2) is 0 Å². The summed E-state index contributed by atoms with van der Waals surface area (Å²) in [6.07, 6.45) is 14.3. The highest BCUT2D eigenvalue weighted by molar-refractivity contribution is 5.90. The zero-order valence-electron chi connectivity index (χ0n) is 14.1. The standard InChI is InChI=1S/C22H30/c1-3-5-6-7-8-9-10-11-13-19-16-17-21-15-12-14-20(4-2)22(21)18-19/h4,12,14-18H,2-3,5-11,13H2,1H3. The number of rotatable bonds is 10. The van der Waals surface area contributed by atoms with Crippen LogP contribution in [0.2, 0.25) is 0 Å². The highest BCUT2D eigenvalue weighted by atomic mass is 14.1. The van der Waals surface area contributed by atoms with Gasteiger partial charge in [0.15, 0.2) is 0 Å². The molecule has 0 saturated heterocycles. The minimum atomic E-state index is 1.20. The molecule has 0 heterocycles. The van der Waals surface area contributed by atoms with E-state index in [0.717, 1.165) is 0 Å². The summed E-state index contributed by atoms with van der Waals surface area (Å²) >= 11 is 0. The van der Waals surface area contributed by atoms with Crippen molar-refractivity contribution in [3.05, 3.63) is 54.1 Å². The lowest BCUT2D eigenvalue weighted by atomic mass is 9.98. The van der Waals surface area contributed by atoms with Gasteiger partial charge in [-0.05, 0) is 34.7 Å². The summed E-state index contributed by atoms with van der Waals surface area (Å²) in [4.78, 5) is 0. The van der Waals surface area contributed by atoms with Crippen LogP contribution in [0, 0.1) is 0 Å². The molecule has 0 fully saturated rings.